The molecule has 0 fully saturated rings. The summed E-state index contributed by atoms with van der Waals surface area (Å²) < 4.78 is 1.28. The van der Waals surface area contributed by atoms with Crippen molar-refractivity contribution in [1.29, 1.82) is 0 Å². The zero-order valence-electron chi connectivity index (χ0n) is 11.1. The molecule has 2 nitrogen and oxygen atoms in total. The van der Waals surface area contributed by atoms with E-state index in [2.05, 4.69) is 58.5 Å². The Bertz CT molecular complexity index is 1140. The van der Waals surface area contributed by atoms with E-state index in [1.165, 1.54) is 31.6 Å². The molecule has 0 bridgehead atoms. The molecule has 2 aromatic heterocycles. The van der Waals surface area contributed by atoms with Crippen molar-refractivity contribution < 1.29 is 0 Å². The van der Waals surface area contributed by atoms with Crippen molar-refractivity contribution in [3.05, 3.63) is 60.9 Å². The van der Waals surface area contributed by atoms with E-state index in [1.54, 1.807) is 23.7 Å². The largest absolute Gasteiger partial charge is 0.251 e. The van der Waals surface area contributed by atoms with E-state index in [4.69, 9.17) is 0 Å². The number of aromatic nitrogens is 2. The van der Waals surface area contributed by atoms with Gasteiger partial charge in [-0.05, 0) is 16.2 Å². The van der Waals surface area contributed by atoms with Gasteiger partial charge in [0.25, 0.3) is 0 Å². The van der Waals surface area contributed by atoms with Crippen LogP contribution in [0, 0.1) is 0 Å². The Labute approximate surface area is 124 Å². The summed E-state index contributed by atoms with van der Waals surface area (Å²) in [7, 11) is 0. The summed E-state index contributed by atoms with van der Waals surface area (Å²) in [5.41, 5.74) is 1.01. The molecule has 0 aliphatic heterocycles. The second-order valence-electron chi connectivity index (χ2n) is 5.11. The van der Waals surface area contributed by atoms with E-state index >= 15 is 0 Å². The molecular weight excluding hydrogens is 276 g/mol. The quantitative estimate of drug-likeness (QED) is 0.368. The van der Waals surface area contributed by atoms with Gasteiger partial charge < -0.3 is 0 Å². The molecule has 0 saturated carbocycles. The summed E-state index contributed by atoms with van der Waals surface area (Å²) in [6.45, 7) is 0. The Morgan fingerprint density at radius 3 is 2.10 bits per heavy atom. The first-order valence-corrected chi connectivity index (χ1v) is 7.68. The highest BCUT2D eigenvalue weighted by Crippen LogP contribution is 2.42. The van der Waals surface area contributed by atoms with Crippen molar-refractivity contribution >= 4 is 53.3 Å². The molecule has 0 atom stereocenters. The highest BCUT2D eigenvalue weighted by atomic mass is 32.1. The lowest BCUT2D eigenvalue weighted by Crippen LogP contribution is -1.81. The van der Waals surface area contributed by atoms with Crippen LogP contribution in [0.4, 0.5) is 0 Å². The summed E-state index contributed by atoms with van der Waals surface area (Å²) in [5.74, 6) is 0. The van der Waals surface area contributed by atoms with Crippen LogP contribution in [0.2, 0.25) is 0 Å². The molecular formula is C18H10N2S. The normalized spacial score (nSPS) is 11.8. The topological polar surface area (TPSA) is 25.8 Å². The number of fused-ring (bicyclic) bond motifs is 8. The first-order valence-electron chi connectivity index (χ1n) is 6.86. The van der Waals surface area contributed by atoms with E-state index < -0.39 is 0 Å². The molecule has 98 valence electrons. The Kier molecular flexibility index (Phi) is 2.12. The van der Waals surface area contributed by atoms with E-state index in [9.17, 15) is 0 Å². The van der Waals surface area contributed by atoms with Crippen LogP contribution in [0.3, 0.4) is 0 Å². The molecule has 0 aliphatic carbocycles. The molecule has 2 heterocycles. The molecule has 0 saturated heterocycles. The predicted molar refractivity (Wildman–Crippen MR) is 89.9 cm³/mol. The monoisotopic (exact) mass is 286 g/mol. The fraction of sp³-hybridized carbons (Fsp3) is 0. The van der Waals surface area contributed by atoms with Gasteiger partial charge in [-0.25, -0.2) is 4.98 Å². The van der Waals surface area contributed by atoms with Crippen LogP contribution in [0.1, 0.15) is 0 Å². The third kappa shape index (κ3) is 1.41. The van der Waals surface area contributed by atoms with Crippen LogP contribution in [0.15, 0.2) is 60.9 Å². The van der Waals surface area contributed by atoms with Crippen LogP contribution in [-0.2, 0) is 0 Å². The maximum atomic E-state index is 4.57. The van der Waals surface area contributed by atoms with E-state index in [1.807, 2.05) is 0 Å². The number of benzene rings is 3. The molecule has 3 aromatic carbocycles. The Hall–Kier alpha value is -2.52. The van der Waals surface area contributed by atoms with Gasteiger partial charge in [-0.1, -0.05) is 48.5 Å². The minimum atomic E-state index is 1.01. The van der Waals surface area contributed by atoms with Crippen LogP contribution < -0.4 is 0 Å². The predicted octanol–water partition coefficient (Wildman–Crippen LogP) is 5.15. The van der Waals surface area contributed by atoms with Crippen molar-refractivity contribution in [2.75, 3.05) is 0 Å². The Morgan fingerprint density at radius 1 is 0.667 bits per heavy atom. The molecule has 5 rings (SSSR count). The molecule has 0 spiro atoms. The lowest BCUT2D eigenvalue weighted by molar-refractivity contribution is 1.32. The maximum Gasteiger partial charge on any atom is 0.143 e. The number of hydrogen-bond acceptors (Lipinski definition) is 3. The second kappa shape index (κ2) is 3.99. The van der Waals surface area contributed by atoms with Gasteiger partial charge in [-0.2, -0.15) is 0 Å². The van der Waals surface area contributed by atoms with Crippen LogP contribution in [-0.4, -0.2) is 9.97 Å². The van der Waals surface area contributed by atoms with Gasteiger partial charge in [0.2, 0.25) is 0 Å². The van der Waals surface area contributed by atoms with Crippen molar-refractivity contribution in [3.63, 3.8) is 0 Å². The third-order valence-corrected chi connectivity index (χ3v) is 5.11. The first kappa shape index (κ1) is 11.2. The standard InChI is InChI=1S/C18H10N2S/c1-3-7-13-11(5-1)12-6-2-4-8-14(12)17-15(13)16-18(21-17)20-10-9-19-16/h1-10H. The van der Waals surface area contributed by atoms with Gasteiger partial charge >= 0.3 is 0 Å². The van der Waals surface area contributed by atoms with Crippen LogP contribution in [0.5, 0.6) is 0 Å². The molecule has 0 radical (unpaired) electrons. The SMILES string of the molecule is c1ccc2c(c1)c1ccccc1c1c3nccnc3sc21. The third-order valence-electron chi connectivity index (χ3n) is 3.99. The number of thiophene rings is 1. The summed E-state index contributed by atoms with van der Waals surface area (Å²) in [4.78, 5) is 10.1. The Morgan fingerprint density at radius 2 is 1.29 bits per heavy atom. The van der Waals surface area contributed by atoms with Crippen molar-refractivity contribution in [3.8, 4) is 0 Å². The fourth-order valence-corrected chi connectivity index (χ4v) is 4.27. The first-order chi connectivity index (χ1) is 10.4. The highest BCUT2D eigenvalue weighted by Gasteiger charge is 2.14. The minimum absolute atomic E-state index is 1.01. The lowest BCUT2D eigenvalue weighted by atomic mass is 9.99. The van der Waals surface area contributed by atoms with E-state index in [0.29, 0.717) is 0 Å². The highest BCUT2D eigenvalue weighted by molar-refractivity contribution is 7.26. The second-order valence-corrected chi connectivity index (χ2v) is 6.11. The van der Waals surface area contributed by atoms with E-state index in [0.717, 1.165) is 10.3 Å². The smallest absolute Gasteiger partial charge is 0.143 e. The molecule has 0 unspecified atom stereocenters. The average molecular weight is 286 g/mol. The molecule has 5 aromatic rings. The molecule has 0 N–H and O–H groups in total. The number of nitrogens with zero attached hydrogens (tertiary/aromatic N) is 2. The zero-order chi connectivity index (χ0) is 13.8. The van der Waals surface area contributed by atoms with Gasteiger partial charge in [-0.3, -0.25) is 4.98 Å². The maximum absolute atomic E-state index is 4.57. The summed E-state index contributed by atoms with van der Waals surface area (Å²) >= 11 is 1.73. The summed E-state index contributed by atoms with van der Waals surface area (Å²) in [5, 5.41) is 6.37. The van der Waals surface area contributed by atoms with Crippen molar-refractivity contribution in [1.82, 2.24) is 9.97 Å². The molecule has 0 aliphatic rings. The van der Waals surface area contributed by atoms with Gasteiger partial charge in [-0.15, -0.1) is 11.3 Å². The fourth-order valence-electron chi connectivity index (χ4n) is 3.12. The van der Waals surface area contributed by atoms with Crippen LogP contribution in [0.25, 0.3) is 42.0 Å². The number of rotatable bonds is 0. The van der Waals surface area contributed by atoms with Gasteiger partial charge in [0.05, 0.1) is 0 Å². The van der Waals surface area contributed by atoms with Gasteiger partial charge in [0.15, 0.2) is 0 Å². The van der Waals surface area contributed by atoms with Crippen molar-refractivity contribution in [2.45, 2.75) is 0 Å². The van der Waals surface area contributed by atoms with Crippen molar-refractivity contribution in [2.24, 2.45) is 0 Å². The summed E-state index contributed by atoms with van der Waals surface area (Å²) in [6.07, 6.45) is 3.54. The zero-order valence-corrected chi connectivity index (χ0v) is 11.9. The molecule has 3 heteroatoms. The number of hydrogen-bond donors (Lipinski definition) is 0. The molecule has 21 heavy (non-hydrogen) atoms. The molecule has 0 amide bonds. The minimum Gasteiger partial charge on any atom is -0.251 e. The lowest BCUT2D eigenvalue weighted by Gasteiger charge is -2.06. The Balaban J connectivity index is 2.25. The average Bonchev–Trinajstić information content (AvgIpc) is 2.95. The van der Waals surface area contributed by atoms with Crippen LogP contribution >= 0.6 is 11.3 Å². The summed E-state index contributed by atoms with van der Waals surface area (Å²) in [6, 6.07) is 17.2. The van der Waals surface area contributed by atoms with Gasteiger partial charge in [0.1, 0.15) is 10.3 Å². The van der Waals surface area contributed by atoms with E-state index in [-0.39, 0.29) is 0 Å². The van der Waals surface area contributed by atoms with Gasteiger partial charge in [0, 0.05) is 27.9 Å².